The van der Waals surface area contributed by atoms with Crippen molar-refractivity contribution in [3.63, 3.8) is 0 Å². The monoisotopic (exact) mass is 300 g/mol. The summed E-state index contributed by atoms with van der Waals surface area (Å²) in [6, 6.07) is 12.6. The Morgan fingerprint density at radius 3 is 2.81 bits per heavy atom. The molecule has 108 valence electrons. The van der Waals surface area contributed by atoms with Gasteiger partial charge in [0.1, 0.15) is 5.52 Å². The standard InChI is InChI=1S/C16H16N2O2S/c19-11-8-10(9-11)15(14-6-3-7-21-14)18-16-17-12-4-1-2-5-13(12)20-16/h1-7,10-11,15,19H,8-9H2,(H,17,18). The van der Waals surface area contributed by atoms with Gasteiger partial charge in [-0.15, -0.1) is 11.3 Å². The average Bonchev–Trinajstić information content (AvgIpc) is 3.10. The summed E-state index contributed by atoms with van der Waals surface area (Å²) in [5, 5.41) is 15.1. The zero-order valence-corrected chi connectivity index (χ0v) is 12.2. The van der Waals surface area contributed by atoms with Gasteiger partial charge < -0.3 is 14.8 Å². The molecule has 0 saturated heterocycles. The summed E-state index contributed by atoms with van der Waals surface area (Å²) in [4.78, 5) is 5.75. The highest BCUT2D eigenvalue weighted by Crippen LogP contribution is 2.41. The number of fused-ring (bicyclic) bond motifs is 1. The summed E-state index contributed by atoms with van der Waals surface area (Å²) in [6.07, 6.45) is 1.49. The largest absolute Gasteiger partial charge is 0.424 e. The van der Waals surface area contributed by atoms with Gasteiger partial charge in [-0.05, 0) is 42.3 Å². The maximum absolute atomic E-state index is 9.58. The Balaban J connectivity index is 1.61. The summed E-state index contributed by atoms with van der Waals surface area (Å²) in [5.74, 6) is 0.425. The van der Waals surface area contributed by atoms with Crippen molar-refractivity contribution in [2.75, 3.05) is 5.32 Å². The van der Waals surface area contributed by atoms with Gasteiger partial charge in [-0.2, -0.15) is 4.98 Å². The molecule has 2 aromatic heterocycles. The molecule has 0 radical (unpaired) electrons. The van der Waals surface area contributed by atoms with Gasteiger partial charge in [0.25, 0.3) is 6.01 Å². The van der Waals surface area contributed by atoms with E-state index in [0.717, 1.165) is 23.9 Å². The molecule has 0 bridgehead atoms. The van der Waals surface area contributed by atoms with Crippen LogP contribution in [-0.2, 0) is 0 Å². The molecule has 2 heterocycles. The first kappa shape index (κ1) is 12.9. The second kappa shape index (κ2) is 5.16. The number of nitrogens with zero attached hydrogens (tertiary/aromatic N) is 1. The molecule has 1 aliphatic carbocycles. The molecular weight excluding hydrogens is 284 g/mol. The third kappa shape index (κ3) is 2.43. The van der Waals surface area contributed by atoms with Crippen LogP contribution in [0.1, 0.15) is 23.8 Å². The lowest BCUT2D eigenvalue weighted by atomic mass is 9.77. The number of thiophene rings is 1. The van der Waals surface area contributed by atoms with Crippen LogP contribution in [0, 0.1) is 5.92 Å². The van der Waals surface area contributed by atoms with Crippen molar-refractivity contribution in [3.05, 3.63) is 46.7 Å². The molecule has 21 heavy (non-hydrogen) atoms. The second-order valence-electron chi connectivity index (χ2n) is 5.51. The fraction of sp³-hybridized carbons (Fsp3) is 0.312. The Hall–Kier alpha value is -1.85. The van der Waals surface area contributed by atoms with Crippen LogP contribution in [0.5, 0.6) is 0 Å². The summed E-state index contributed by atoms with van der Waals surface area (Å²) >= 11 is 1.72. The molecule has 1 unspecified atom stereocenters. The van der Waals surface area contributed by atoms with Gasteiger partial charge in [-0.1, -0.05) is 18.2 Å². The van der Waals surface area contributed by atoms with E-state index in [0.29, 0.717) is 11.9 Å². The predicted octanol–water partition coefficient (Wildman–Crippen LogP) is 3.81. The fourth-order valence-electron chi connectivity index (χ4n) is 2.86. The van der Waals surface area contributed by atoms with E-state index < -0.39 is 0 Å². The SMILES string of the molecule is OC1CC(C(Nc2nc3ccccc3o2)c2cccs2)C1. The average molecular weight is 300 g/mol. The van der Waals surface area contributed by atoms with Crippen LogP contribution in [-0.4, -0.2) is 16.2 Å². The first-order valence-corrected chi connectivity index (χ1v) is 8.01. The number of hydrogen-bond donors (Lipinski definition) is 2. The minimum atomic E-state index is -0.164. The zero-order chi connectivity index (χ0) is 14.2. The number of para-hydroxylation sites is 2. The van der Waals surface area contributed by atoms with Gasteiger partial charge in [-0.3, -0.25) is 0 Å². The van der Waals surface area contributed by atoms with Gasteiger partial charge in [0.05, 0.1) is 12.1 Å². The van der Waals surface area contributed by atoms with Crippen molar-refractivity contribution in [1.29, 1.82) is 0 Å². The second-order valence-corrected chi connectivity index (χ2v) is 6.49. The van der Waals surface area contributed by atoms with Crippen molar-refractivity contribution in [2.24, 2.45) is 5.92 Å². The molecule has 4 nitrogen and oxygen atoms in total. The molecule has 1 aromatic carbocycles. The lowest BCUT2D eigenvalue weighted by Gasteiger charge is -2.37. The van der Waals surface area contributed by atoms with Crippen LogP contribution < -0.4 is 5.32 Å². The third-order valence-electron chi connectivity index (χ3n) is 4.04. The van der Waals surface area contributed by atoms with E-state index in [1.54, 1.807) is 11.3 Å². The maximum Gasteiger partial charge on any atom is 0.296 e. The molecule has 0 amide bonds. The van der Waals surface area contributed by atoms with E-state index in [1.165, 1.54) is 4.88 Å². The summed E-state index contributed by atoms with van der Waals surface area (Å²) in [5.41, 5.74) is 1.65. The number of anilines is 1. The van der Waals surface area contributed by atoms with Crippen molar-refractivity contribution >= 4 is 28.5 Å². The zero-order valence-electron chi connectivity index (χ0n) is 11.4. The molecule has 4 rings (SSSR count). The highest BCUT2D eigenvalue weighted by atomic mass is 32.1. The predicted molar refractivity (Wildman–Crippen MR) is 83.4 cm³/mol. The topological polar surface area (TPSA) is 58.3 Å². The summed E-state index contributed by atoms with van der Waals surface area (Å²) in [7, 11) is 0. The number of nitrogens with one attached hydrogen (secondary N) is 1. The molecule has 0 spiro atoms. The summed E-state index contributed by atoms with van der Waals surface area (Å²) in [6.45, 7) is 0. The Labute approximate surface area is 126 Å². The first-order chi connectivity index (χ1) is 10.3. The number of benzene rings is 1. The number of hydrogen-bond acceptors (Lipinski definition) is 5. The quantitative estimate of drug-likeness (QED) is 0.769. The Morgan fingerprint density at radius 1 is 1.24 bits per heavy atom. The molecule has 1 atom stereocenters. The van der Waals surface area contributed by atoms with Gasteiger partial charge in [0.2, 0.25) is 0 Å². The van der Waals surface area contributed by atoms with Crippen molar-refractivity contribution in [3.8, 4) is 0 Å². The minimum absolute atomic E-state index is 0.154. The van der Waals surface area contributed by atoms with Crippen molar-refractivity contribution in [1.82, 2.24) is 4.98 Å². The van der Waals surface area contributed by atoms with E-state index in [4.69, 9.17) is 4.42 Å². The van der Waals surface area contributed by atoms with Crippen LogP contribution in [0.3, 0.4) is 0 Å². The van der Waals surface area contributed by atoms with E-state index in [9.17, 15) is 5.11 Å². The van der Waals surface area contributed by atoms with E-state index >= 15 is 0 Å². The minimum Gasteiger partial charge on any atom is -0.424 e. The lowest BCUT2D eigenvalue weighted by Crippen LogP contribution is -2.35. The van der Waals surface area contributed by atoms with Crippen molar-refractivity contribution < 1.29 is 9.52 Å². The highest BCUT2D eigenvalue weighted by Gasteiger charge is 2.36. The Bertz CT molecular complexity index is 699. The van der Waals surface area contributed by atoms with Crippen LogP contribution >= 0.6 is 11.3 Å². The molecule has 5 heteroatoms. The number of aliphatic hydroxyl groups is 1. The molecule has 1 saturated carbocycles. The van der Waals surface area contributed by atoms with E-state index in [2.05, 4.69) is 27.8 Å². The number of aromatic nitrogens is 1. The van der Waals surface area contributed by atoms with Crippen molar-refractivity contribution in [2.45, 2.75) is 25.0 Å². The van der Waals surface area contributed by atoms with Crippen LogP contribution in [0.2, 0.25) is 0 Å². The van der Waals surface area contributed by atoms with Crippen LogP contribution in [0.15, 0.2) is 46.2 Å². The number of aliphatic hydroxyl groups excluding tert-OH is 1. The highest BCUT2D eigenvalue weighted by molar-refractivity contribution is 7.10. The smallest absolute Gasteiger partial charge is 0.296 e. The van der Waals surface area contributed by atoms with Crippen LogP contribution in [0.4, 0.5) is 6.01 Å². The molecule has 0 aliphatic heterocycles. The molecular formula is C16H16N2O2S. The molecule has 3 aromatic rings. The third-order valence-corrected chi connectivity index (χ3v) is 5.00. The fourth-order valence-corrected chi connectivity index (χ4v) is 3.73. The molecule has 1 aliphatic rings. The van der Waals surface area contributed by atoms with Crippen LogP contribution in [0.25, 0.3) is 11.1 Å². The summed E-state index contributed by atoms with van der Waals surface area (Å²) < 4.78 is 5.76. The van der Waals surface area contributed by atoms with E-state index in [-0.39, 0.29) is 12.1 Å². The van der Waals surface area contributed by atoms with E-state index in [1.807, 2.05) is 24.3 Å². The number of rotatable bonds is 4. The Kier molecular flexibility index (Phi) is 3.16. The first-order valence-electron chi connectivity index (χ1n) is 7.13. The Morgan fingerprint density at radius 2 is 2.10 bits per heavy atom. The van der Waals surface area contributed by atoms with Gasteiger partial charge in [0, 0.05) is 4.88 Å². The van der Waals surface area contributed by atoms with Gasteiger partial charge >= 0.3 is 0 Å². The van der Waals surface area contributed by atoms with Gasteiger partial charge in [0.15, 0.2) is 5.58 Å². The molecule has 1 fully saturated rings. The molecule has 2 N–H and O–H groups in total. The van der Waals surface area contributed by atoms with Gasteiger partial charge in [-0.25, -0.2) is 0 Å². The normalized spacial score (nSPS) is 22.9. The maximum atomic E-state index is 9.58. The number of oxazole rings is 1. The lowest BCUT2D eigenvalue weighted by molar-refractivity contribution is 0.0341.